The minimum atomic E-state index is -1.63. The van der Waals surface area contributed by atoms with Gasteiger partial charge in [0.05, 0.1) is 0 Å². The van der Waals surface area contributed by atoms with Gasteiger partial charge in [-0.25, -0.2) is 4.39 Å². The molecule has 20 heavy (non-hydrogen) atoms. The zero-order chi connectivity index (χ0) is 15.3. The monoisotopic (exact) mass is 282 g/mol. The molecule has 1 aromatic carbocycles. The number of ether oxygens (including phenoxy) is 2. The Labute approximate surface area is 115 Å². The Morgan fingerprint density at radius 2 is 1.65 bits per heavy atom. The zero-order valence-electron chi connectivity index (χ0n) is 11.4. The van der Waals surface area contributed by atoms with E-state index in [4.69, 9.17) is 4.74 Å². The first kappa shape index (κ1) is 15.8. The molecular weight excluding hydrogens is 267 g/mol. The summed E-state index contributed by atoms with van der Waals surface area (Å²) >= 11 is 0. The molecule has 0 radical (unpaired) electrons. The molecule has 6 heteroatoms. The molecule has 0 heterocycles. The normalized spacial score (nSPS) is 13.2. The summed E-state index contributed by atoms with van der Waals surface area (Å²) in [6.07, 6.45) is 0. The van der Waals surface area contributed by atoms with E-state index in [1.807, 2.05) is 0 Å². The summed E-state index contributed by atoms with van der Waals surface area (Å²) in [7, 11) is 0. The van der Waals surface area contributed by atoms with Gasteiger partial charge in [0.2, 0.25) is 5.78 Å². The number of halogens is 1. The van der Waals surface area contributed by atoms with Crippen LogP contribution in [0.1, 0.15) is 26.3 Å². The van der Waals surface area contributed by atoms with E-state index in [2.05, 4.69) is 4.74 Å². The van der Waals surface area contributed by atoms with Crippen LogP contribution in [0.3, 0.4) is 0 Å². The van der Waals surface area contributed by atoms with Gasteiger partial charge >= 0.3 is 11.9 Å². The highest BCUT2D eigenvalue weighted by molar-refractivity contribution is 5.92. The van der Waals surface area contributed by atoms with E-state index in [0.717, 1.165) is 26.0 Å². The number of hydrogen-bond donors (Lipinski definition) is 0. The third kappa shape index (κ3) is 3.88. The summed E-state index contributed by atoms with van der Waals surface area (Å²) in [5.74, 6) is -2.39. The Bertz CT molecular complexity index is 523. The highest BCUT2D eigenvalue weighted by Gasteiger charge is 2.38. The number of esters is 2. The minimum Gasteiger partial charge on any atom is -0.458 e. The van der Waals surface area contributed by atoms with Gasteiger partial charge in [0.25, 0.3) is 0 Å². The van der Waals surface area contributed by atoms with Gasteiger partial charge in [-0.05, 0) is 19.1 Å². The maximum atomic E-state index is 12.9. The molecule has 5 nitrogen and oxygen atoms in total. The van der Waals surface area contributed by atoms with Crippen molar-refractivity contribution in [3.8, 4) is 0 Å². The van der Waals surface area contributed by atoms with Gasteiger partial charge in [0.15, 0.2) is 12.2 Å². The molecule has 0 aliphatic carbocycles. The lowest BCUT2D eigenvalue weighted by Gasteiger charge is -2.27. The van der Waals surface area contributed by atoms with Crippen LogP contribution in [-0.4, -0.2) is 24.3 Å². The van der Waals surface area contributed by atoms with E-state index in [1.165, 1.54) is 19.1 Å². The van der Waals surface area contributed by atoms with Gasteiger partial charge in [-0.15, -0.1) is 0 Å². The molecule has 0 N–H and O–H groups in total. The van der Waals surface area contributed by atoms with E-state index in [9.17, 15) is 18.8 Å². The van der Waals surface area contributed by atoms with Gasteiger partial charge in [0, 0.05) is 19.4 Å². The minimum absolute atomic E-state index is 0.297. The van der Waals surface area contributed by atoms with Crippen LogP contribution in [0.4, 0.5) is 4.39 Å². The quantitative estimate of drug-likeness (QED) is 0.769. The lowest BCUT2D eigenvalue weighted by Crippen LogP contribution is -2.40. The summed E-state index contributed by atoms with van der Waals surface area (Å²) < 4.78 is 22.6. The summed E-state index contributed by atoms with van der Waals surface area (Å²) in [5.41, 5.74) is -1.33. The average molecular weight is 282 g/mol. The summed E-state index contributed by atoms with van der Waals surface area (Å²) in [4.78, 5) is 34.1. The van der Waals surface area contributed by atoms with E-state index >= 15 is 0 Å². The average Bonchev–Trinajstić information content (AvgIpc) is 2.35. The van der Waals surface area contributed by atoms with Crippen LogP contribution in [0.15, 0.2) is 24.3 Å². The first-order chi connectivity index (χ1) is 9.25. The predicted octanol–water partition coefficient (Wildman–Crippen LogP) is 1.74. The molecule has 1 aromatic rings. The fraction of sp³-hybridized carbons (Fsp3) is 0.357. The Balaban J connectivity index is 3.08. The van der Waals surface area contributed by atoms with Gasteiger partial charge < -0.3 is 9.47 Å². The number of benzene rings is 1. The number of Topliss-reactive ketones (excluding diaryl/α,β-unsaturated/α-hetero) is 1. The van der Waals surface area contributed by atoms with Gasteiger partial charge in [-0.2, -0.15) is 0 Å². The highest BCUT2D eigenvalue weighted by atomic mass is 19.1. The fourth-order valence-corrected chi connectivity index (χ4v) is 1.64. The number of ketones is 1. The predicted molar refractivity (Wildman–Crippen MR) is 67.2 cm³/mol. The Kier molecular flexibility index (Phi) is 4.96. The van der Waals surface area contributed by atoms with Crippen LogP contribution < -0.4 is 0 Å². The Morgan fingerprint density at radius 3 is 2.10 bits per heavy atom. The smallest absolute Gasteiger partial charge is 0.303 e. The van der Waals surface area contributed by atoms with Crippen molar-refractivity contribution >= 4 is 17.7 Å². The van der Waals surface area contributed by atoms with Crippen molar-refractivity contribution in [2.24, 2.45) is 0 Å². The summed E-state index contributed by atoms with van der Waals surface area (Å²) in [6.45, 7) is 3.15. The molecule has 0 spiro atoms. The molecule has 0 aliphatic rings. The van der Waals surface area contributed by atoms with Gasteiger partial charge in [-0.1, -0.05) is 12.1 Å². The van der Waals surface area contributed by atoms with E-state index in [1.54, 1.807) is 0 Å². The standard InChI is InChI=1S/C14H15FO5/c1-9(16)19-8-13(18)14(3,20-10(2)17)11-4-6-12(15)7-5-11/h4-7H,8H2,1-3H3. The molecule has 0 aromatic heterocycles. The molecule has 0 saturated heterocycles. The first-order valence-corrected chi connectivity index (χ1v) is 5.88. The second-order valence-electron chi connectivity index (χ2n) is 4.34. The van der Waals surface area contributed by atoms with Crippen LogP contribution in [-0.2, 0) is 29.5 Å². The third-order valence-electron chi connectivity index (χ3n) is 2.68. The maximum Gasteiger partial charge on any atom is 0.303 e. The van der Waals surface area contributed by atoms with Gasteiger partial charge in [-0.3, -0.25) is 14.4 Å². The molecule has 1 atom stereocenters. The van der Waals surface area contributed by atoms with Crippen LogP contribution >= 0.6 is 0 Å². The molecule has 0 saturated carbocycles. The molecule has 0 amide bonds. The summed E-state index contributed by atoms with van der Waals surface area (Å²) in [5, 5.41) is 0. The number of carbonyl (C=O) groups is 3. The van der Waals surface area contributed by atoms with Crippen molar-refractivity contribution < 1.29 is 28.2 Å². The SMILES string of the molecule is CC(=O)OCC(=O)C(C)(OC(C)=O)c1ccc(F)cc1. The summed E-state index contributed by atoms with van der Waals surface area (Å²) in [6, 6.07) is 4.97. The lowest BCUT2D eigenvalue weighted by molar-refractivity contribution is -0.168. The van der Waals surface area contributed by atoms with Crippen LogP contribution in [0.2, 0.25) is 0 Å². The van der Waals surface area contributed by atoms with Crippen molar-refractivity contribution in [3.63, 3.8) is 0 Å². The van der Waals surface area contributed by atoms with Crippen LogP contribution in [0.5, 0.6) is 0 Å². The lowest BCUT2D eigenvalue weighted by atomic mass is 9.91. The van der Waals surface area contributed by atoms with Crippen molar-refractivity contribution in [1.29, 1.82) is 0 Å². The van der Waals surface area contributed by atoms with Crippen molar-refractivity contribution in [2.75, 3.05) is 6.61 Å². The molecule has 0 fully saturated rings. The molecule has 1 unspecified atom stereocenters. The van der Waals surface area contributed by atoms with E-state index < -0.39 is 35.7 Å². The third-order valence-corrected chi connectivity index (χ3v) is 2.68. The Hall–Kier alpha value is -2.24. The maximum absolute atomic E-state index is 12.9. The largest absolute Gasteiger partial charge is 0.458 e. The topological polar surface area (TPSA) is 69.7 Å². The molecule has 0 bridgehead atoms. The second kappa shape index (κ2) is 6.27. The van der Waals surface area contributed by atoms with Crippen molar-refractivity contribution in [1.82, 2.24) is 0 Å². The van der Waals surface area contributed by atoms with Crippen molar-refractivity contribution in [2.45, 2.75) is 26.4 Å². The molecule has 108 valence electrons. The second-order valence-corrected chi connectivity index (χ2v) is 4.34. The Morgan fingerprint density at radius 1 is 1.10 bits per heavy atom. The molecule has 0 aliphatic heterocycles. The number of hydrogen-bond acceptors (Lipinski definition) is 5. The van der Waals surface area contributed by atoms with E-state index in [0.29, 0.717) is 5.56 Å². The highest BCUT2D eigenvalue weighted by Crippen LogP contribution is 2.27. The fourth-order valence-electron chi connectivity index (χ4n) is 1.64. The van der Waals surface area contributed by atoms with E-state index in [-0.39, 0.29) is 0 Å². The number of carbonyl (C=O) groups excluding carboxylic acids is 3. The molecule has 1 rings (SSSR count). The van der Waals surface area contributed by atoms with Crippen LogP contribution in [0, 0.1) is 5.82 Å². The number of rotatable bonds is 5. The zero-order valence-corrected chi connectivity index (χ0v) is 11.4. The van der Waals surface area contributed by atoms with Crippen molar-refractivity contribution in [3.05, 3.63) is 35.6 Å². The van der Waals surface area contributed by atoms with Gasteiger partial charge in [0.1, 0.15) is 5.82 Å². The molecular formula is C14H15FO5. The first-order valence-electron chi connectivity index (χ1n) is 5.88. The van der Waals surface area contributed by atoms with Crippen LogP contribution in [0.25, 0.3) is 0 Å².